The highest BCUT2D eigenvalue weighted by Crippen LogP contribution is 2.31. The molecule has 0 atom stereocenters. The number of rotatable bonds is 1. The van der Waals surface area contributed by atoms with Crippen molar-refractivity contribution in [2.24, 2.45) is 0 Å². The van der Waals surface area contributed by atoms with Crippen LogP contribution in [-0.2, 0) is 6.42 Å². The quantitative estimate of drug-likeness (QED) is 0.769. The zero-order valence-electron chi connectivity index (χ0n) is 9.64. The van der Waals surface area contributed by atoms with Gasteiger partial charge in [-0.1, -0.05) is 12.1 Å². The van der Waals surface area contributed by atoms with E-state index in [0.717, 1.165) is 5.56 Å². The summed E-state index contributed by atoms with van der Waals surface area (Å²) >= 11 is 0. The third-order valence-electron chi connectivity index (χ3n) is 3.12. The standard InChI is InChI=1S/C14H11FN2O/c15-12-3-1-2-10-6-9-17(13(10)12)14(18)11-4-7-16-8-5-11/h1-5,7-8H,6,9H2. The number of aromatic nitrogens is 1. The number of hydrogen-bond donors (Lipinski definition) is 0. The van der Waals surface area contributed by atoms with E-state index in [2.05, 4.69) is 4.98 Å². The topological polar surface area (TPSA) is 33.2 Å². The van der Waals surface area contributed by atoms with Crippen LogP contribution in [0.15, 0.2) is 42.7 Å². The van der Waals surface area contributed by atoms with Gasteiger partial charge in [-0.05, 0) is 30.2 Å². The van der Waals surface area contributed by atoms with E-state index >= 15 is 0 Å². The lowest BCUT2D eigenvalue weighted by molar-refractivity contribution is 0.0988. The van der Waals surface area contributed by atoms with Crippen molar-refractivity contribution in [1.29, 1.82) is 0 Å². The predicted octanol–water partition coefficient (Wildman–Crippen LogP) is 2.42. The Hall–Kier alpha value is -2.23. The molecule has 3 rings (SSSR count). The van der Waals surface area contributed by atoms with Crippen molar-refractivity contribution < 1.29 is 9.18 Å². The van der Waals surface area contributed by atoms with Crippen LogP contribution in [0.5, 0.6) is 0 Å². The zero-order valence-corrected chi connectivity index (χ0v) is 9.64. The summed E-state index contributed by atoms with van der Waals surface area (Å²) in [6.45, 7) is 0.525. The van der Waals surface area contributed by atoms with Gasteiger partial charge in [0.1, 0.15) is 5.82 Å². The number of nitrogens with zero attached hydrogens (tertiary/aromatic N) is 2. The normalized spacial score (nSPS) is 13.5. The van der Waals surface area contributed by atoms with Crippen molar-refractivity contribution in [3.8, 4) is 0 Å². The minimum atomic E-state index is -0.340. The Labute approximate surface area is 104 Å². The van der Waals surface area contributed by atoms with Crippen LogP contribution < -0.4 is 4.90 Å². The van der Waals surface area contributed by atoms with Crippen molar-refractivity contribution in [3.63, 3.8) is 0 Å². The molecule has 1 aromatic carbocycles. The molecule has 0 saturated heterocycles. The number of anilines is 1. The molecule has 0 spiro atoms. The van der Waals surface area contributed by atoms with Crippen LogP contribution in [0.2, 0.25) is 0 Å². The first kappa shape index (κ1) is 10.9. The fourth-order valence-electron chi connectivity index (χ4n) is 2.26. The SMILES string of the molecule is O=C(c1ccncc1)N1CCc2cccc(F)c21. The number of hydrogen-bond acceptors (Lipinski definition) is 2. The van der Waals surface area contributed by atoms with E-state index in [-0.39, 0.29) is 11.7 Å². The van der Waals surface area contributed by atoms with Gasteiger partial charge >= 0.3 is 0 Å². The largest absolute Gasteiger partial charge is 0.305 e. The number of carbonyl (C=O) groups excluding carboxylic acids is 1. The van der Waals surface area contributed by atoms with Crippen molar-refractivity contribution >= 4 is 11.6 Å². The van der Waals surface area contributed by atoms with E-state index < -0.39 is 0 Å². The molecule has 0 unspecified atom stereocenters. The van der Waals surface area contributed by atoms with Crippen LogP contribution in [0.3, 0.4) is 0 Å². The van der Waals surface area contributed by atoms with Crippen LogP contribution in [0.1, 0.15) is 15.9 Å². The summed E-state index contributed by atoms with van der Waals surface area (Å²) in [4.78, 5) is 17.7. The van der Waals surface area contributed by atoms with Gasteiger partial charge in [0.25, 0.3) is 5.91 Å². The molecule has 0 aliphatic carbocycles. The Morgan fingerprint density at radius 3 is 2.78 bits per heavy atom. The van der Waals surface area contributed by atoms with Crippen LogP contribution in [0.25, 0.3) is 0 Å². The number of amides is 1. The monoisotopic (exact) mass is 242 g/mol. The third kappa shape index (κ3) is 1.66. The van der Waals surface area contributed by atoms with Crippen molar-refractivity contribution in [2.75, 3.05) is 11.4 Å². The number of halogens is 1. The van der Waals surface area contributed by atoms with Crippen LogP contribution in [0, 0.1) is 5.82 Å². The van der Waals surface area contributed by atoms with E-state index in [0.29, 0.717) is 24.2 Å². The second-order valence-electron chi connectivity index (χ2n) is 4.19. The molecule has 90 valence electrons. The summed E-state index contributed by atoms with van der Waals surface area (Å²) in [5, 5.41) is 0. The van der Waals surface area contributed by atoms with Gasteiger partial charge < -0.3 is 4.90 Å². The highest BCUT2D eigenvalue weighted by atomic mass is 19.1. The lowest BCUT2D eigenvalue weighted by Gasteiger charge is -2.17. The first-order chi connectivity index (χ1) is 8.77. The Balaban J connectivity index is 2.00. The summed E-state index contributed by atoms with van der Waals surface area (Å²) in [5.74, 6) is -0.520. The van der Waals surface area contributed by atoms with E-state index in [4.69, 9.17) is 0 Å². The molecular weight excluding hydrogens is 231 g/mol. The molecule has 2 heterocycles. The number of carbonyl (C=O) groups is 1. The highest BCUT2D eigenvalue weighted by Gasteiger charge is 2.28. The third-order valence-corrected chi connectivity index (χ3v) is 3.12. The summed E-state index contributed by atoms with van der Waals surface area (Å²) in [5.41, 5.74) is 1.83. The Bertz CT molecular complexity index is 598. The van der Waals surface area contributed by atoms with Gasteiger partial charge in [-0.3, -0.25) is 9.78 Å². The fourth-order valence-corrected chi connectivity index (χ4v) is 2.26. The van der Waals surface area contributed by atoms with Gasteiger partial charge in [-0.15, -0.1) is 0 Å². The lowest BCUT2D eigenvalue weighted by Crippen LogP contribution is -2.29. The minimum absolute atomic E-state index is 0.179. The molecule has 4 heteroatoms. The summed E-state index contributed by atoms with van der Waals surface area (Å²) in [7, 11) is 0. The van der Waals surface area contributed by atoms with E-state index in [1.807, 2.05) is 6.07 Å². The Morgan fingerprint density at radius 1 is 1.22 bits per heavy atom. The average Bonchev–Trinajstić information content (AvgIpc) is 2.84. The molecule has 0 saturated carbocycles. The van der Waals surface area contributed by atoms with E-state index in [1.54, 1.807) is 30.6 Å². The van der Waals surface area contributed by atoms with Crippen molar-refractivity contribution in [1.82, 2.24) is 4.98 Å². The van der Waals surface area contributed by atoms with Gasteiger partial charge in [0.05, 0.1) is 5.69 Å². The average molecular weight is 242 g/mol. The van der Waals surface area contributed by atoms with Gasteiger partial charge in [-0.25, -0.2) is 4.39 Å². The number of pyridine rings is 1. The molecule has 2 aromatic rings. The van der Waals surface area contributed by atoms with Gasteiger partial charge in [0.15, 0.2) is 0 Å². The molecule has 1 amide bonds. The zero-order chi connectivity index (χ0) is 12.5. The first-order valence-corrected chi connectivity index (χ1v) is 5.76. The van der Waals surface area contributed by atoms with E-state index in [9.17, 15) is 9.18 Å². The second kappa shape index (κ2) is 4.22. The van der Waals surface area contributed by atoms with Crippen molar-refractivity contribution in [3.05, 3.63) is 59.7 Å². The molecule has 3 nitrogen and oxygen atoms in total. The Kier molecular flexibility index (Phi) is 2.55. The Morgan fingerprint density at radius 2 is 2.00 bits per heavy atom. The number of benzene rings is 1. The molecule has 1 aliphatic rings. The molecular formula is C14H11FN2O. The van der Waals surface area contributed by atoms with Crippen LogP contribution in [0.4, 0.5) is 10.1 Å². The van der Waals surface area contributed by atoms with Crippen molar-refractivity contribution in [2.45, 2.75) is 6.42 Å². The molecule has 0 bridgehead atoms. The summed E-state index contributed by atoms with van der Waals surface area (Å²) in [6.07, 6.45) is 3.82. The van der Waals surface area contributed by atoms with Crippen LogP contribution >= 0.6 is 0 Å². The molecule has 0 N–H and O–H groups in total. The maximum atomic E-state index is 13.8. The molecule has 18 heavy (non-hydrogen) atoms. The molecule has 1 aromatic heterocycles. The highest BCUT2D eigenvalue weighted by molar-refractivity contribution is 6.07. The van der Waals surface area contributed by atoms with Gasteiger partial charge in [-0.2, -0.15) is 0 Å². The van der Waals surface area contributed by atoms with E-state index in [1.165, 1.54) is 11.0 Å². The predicted molar refractivity (Wildman–Crippen MR) is 66.0 cm³/mol. The molecule has 0 radical (unpaired) electrons. The maximum absolute atomic E-state index is 13.8. The smallest absolute Gasteiger partial charge is 0.258 e. The summed E-state index contributed by atoms with van der Waals surface area (Å²) in [6, 6.07) is 8.20. The van der Waals surface area contributed by atoms with Gasteiger partial charge in [0, 0.05) is 24.5 Å². The molecule has 0 fully saturated rings. The maximum Gasteiger partial charge on any atom is 0.258 e. The summed E-state index contributed by atoms with van der Waals surface area (Å²) < 4.78 is 13.8. The fraction of sp³-hybridized carbons (Fsp3) is 0.143. The minimum Gasteiger partial charge on any atom is -0.305 e. The van der Waals surface area contributed by atoms with Crippen LogP contribution in [-0.4, -0.2) is 17.4 Å². The number of fused-ring (bicyclic) bond motifs is 1. The molecule has 1 aliphatic heterocycles. The first-order valence-electron chi connectivity index (χ1n) is 5.76. The lowest BCUT2D eigenvalue weighted by atomic mass is 10.1. The second-order valence-corrected chi connectivity index (χ2v) is 4.19. The number of para-hydroxylation sites is 1. The van der Waals surface area contributed by atoms with Gasteiger partial charge in [0.2, 0.25) is 0 Å².